The van der Waals surface area contributed by atoms with Crippen molar-refractivity contribution in [2.75, 3.05) is 19.6 Å². The van der Waals surface area contributed by atoms with Gasteiger partial charge in [0, 0.05) is 12.1 Å². The topological polar surface area (TPSA) is 24.1 Å². The third kappa shape index (κ3) is 3.23. The van der Waals surface area contributed by atoms with E-state index < -0.39 is 6.17 Å². The smallest absolute Gasteiger partial charge is 0.114 e. The fraction of sp³-hybridized carbons (Fsp3) is 1.00. The molecule has 2 aliphatic rings. The molecule has 2 rings (SSSR count). The third-order valence-electron chi connectivity index (χ3n) is 3.10. The van der Waals surface area contributed by atoms with Crippen LogP contribution in [0, 0.1) is 0 Å². The molecule has 0 saturated carbocycles. The molecule has 0 aromatic carbocycles. The van der Waals surface area contributed by atoms with Gasteiger partial charge in [0.15, 0.2) is 0 Å². The van der Waals surface area contributed by atoms with Crippen LogP contribution < -0.4 is 10.6 Å². The first-order chi connectivity index (χ1) is 5.81. The van der Waals surface area contributed by atoms with Crippen molar-refractivity contribution in [2.45, 2.75) is 37.4 Å². The average molecular weight is 245 g/mol. The van der Waals surface area contributed by atoms with Crippen molar-refractivity contribution >= 4 is 24.8 Å². The molecule has 1 spiro atoms. The summed E-state index contributed by atoms with van der Waals surface area (Å²) in [5.41, 5.74) is 0.142. The highest BCUT2D eigenvalue weighted by Crippen LogP contribution is 2.30. The highest BCUT2D eigenvalue weighted by molar-refractivity contribution is 5.85. The zero-order chi connectivity index (χ0) is 8.44. The summed E-state index contributed by atoms with van der Waals surface area (Å²) in [5, 5.41) is 6.70. The van der Waals surface area contributed by atoms with Crippen LogP contribution in [-0.4, -0.2) is 31.3 Å². The summed E-state index contributed by atoms with van der Waals surface area (Å²) in [6.45, 7) is 2.71. The Labute approximate surface area is 97.2 Å². The molecule has 2 saturated heterocycles. The van der Waals surface area contributed by atoms with Gasteiger partial charge in [-0.15, -0.1) is 24.8 Å². The summed E-state index contributed by atoms with van der Waals surface area (Å²) in [6.07, 6.45) is 3.53. The maximum atomic E-state index is 13.0. The first-order valence-electron chi connectivity index (χ1n) is 4.91. The van der Waals surface area contributed by atoms with Crippen LogP contribution in [0.2, 0.25) is 0 Å². The molecule has 2 N–H and O–H groups in total. The molecule has 86 valence electrons. The third-order valence-corrected chi connectivity index (χ3v) is 3.10. The van der Waals surface area contributed by atoms with Crippen LogP contribution in [0.3, 0.4) is 0 Å². The van der Waals surface area contributed by atoms with Gasteiger partial charge in [-0.2, -0.15) is 0 Å². The summed E-state index contributed by atoms with van der Waals surface area (Å²) >= 11 is 0. The maximum Gasteiger partial charge on any atom is 0.114 e. The molecule has 0 aromatic heterocycles. The lowest BCUT2D eigenvalue weighted by Crippen LogP contribution is -2.40. The van der Waals surface area contributed by atoms with E-state index in [0.717, 1.165) is 32.4 Å². The molecule has 2 atom stereocenters. The molecule has 2 aliphatic heterocycles. The molecule has 2 heterocycles. The molecule has 0 aliphatic carbocycles. The standard InChI is InChI=1S/C9H17FN2.2ClH/c10-8-6-9(12-7-8)2-1-4-11-5-3-9;;/h8,11-12H,1-7H2;2*1H. The molecule has 2 fully saturated rings. The fourth-order valence-corrected chi connectivity index (χ4v) is 2.41. The minimum absolute atomic E-state index is 0. The Bertz CT molecular complexity index is 161. The van der Waals surface area contributed by atoms with Crippen LogP contribution in [0.5, 0.6) is 0 Å². The van der Waals surface area contributed by atoms with E-state index in [1.165, 1.54) is 6.42 Å². The van der Waals surface area contributed by atoms with Crippen LogP contribution in [0.1, 0.15) is 25.7 Å². The normalized spacial score (nSPS) is 37.1. The SMILES string of the molecule is Cl.Cl.FC1CNC2(CCCNCC2)C1. The summed E-state index contributed by atoms with van der Waals surface area (Å²) in [4.78, 5) is 0. The summed E-state index contributed by atoms with van der Waals surface area (Å²) in [5.74, 6) is 0. The highest BCUT2D eigenvalue weighted by atomic mass is 35.5. The van der Waals surface area contributed by atoms with Gasteiger partial charge in [-0.05, 0) is 38.8 Å². The minimum atomic E-state index is -0.608. The second-order valence-corrected chi connectivity index (χ2v) is 4.07. The molecule has 0 amide bonds. The van der Waals surface area contributed by atoms with Crippen molar-refractivity contribution in [3.8, 4) is 0 Å². The van der Waals surface area contributed by atoms with Gasteiger partial charge in [0.1, 0.15) is 6.17 Å². The van der Waals surface area contributed by atoms with Gasteiger partial charge in [0.2, 0.25) is 0 Å². The molecule has 0 radical (unpaired) electrons. The summed E-state index contributed by atoms with van der Waals surface area (Å²) in [7, 11) is 0. The van der Waals surface area contributed by atoms with Gasteiger partial charge in [-0.3, -0.25) is 0 Å². The number of halogens is 3. The Kier molecular flexibility index (Phi) is 6.30. The zero-order valence-electron chi connectivity index (χ0n) is 8.22. The van der Waals surface area contributed by atoms with Crippen molar-refractivity contribution in [1.29, 1.82) is 0 Å². The van der Waals surface area contributed by atoms with E-state index in [-0.39, 0.29) is 30.4 Å². The molecule has 0 aromatic rings. The maximum absolute atomic E-state index is 13.0. The molecule has 14 heavy (non-hydrogen) atoms. The van der Waals surface area contributed by atoms with Crippen molar-refractivity contribution in [3.05, 3.63) is 0 Å². The molecule has 2 nitrogen and oxygen atoms in total. The predicted molar refractivity (Wildman–Crippen MR) is 61.5 cm³/mol. The quantitative estimate of drug-likeness (QED) is 0.678. The fourth-order valence-electron chi connectivity index (χ4n) is 2.41. The van der Waals surface area contributed by atoms with Crippen molar-refractivity contribution < 1.29 is 4.39 Å². The molecular weight excluding hydrogens is 226 g/mol. The Morgan fingerprint density at radius 3 is 2.57 bits per heavy atom. The lowest BCUT2D eigenvalue weighted by Gasteiger charge is -2.27. The first-order valence-corrected chi connectivity index (χ1v) is 4.91. The van der Waals surface area contributed by atoms with Crippen LogP contribution in [0.25, 0.3) is 0 Å². The van der Waals surface area contributed by atoms with E-state index >= 15 is 0 Å². The van der Waals surface area contributed by atoms with Gasteiger partial charge < -0.3 is 10.6 Å². The number of hydrogen-bond donors (Lipinski definition) is 2. The van der Waals surface area contributed by atoms with E-state index in [9.17, 15) is 4.39 Å². The van der Waals surface area contributed by atoms with Crippen molar-refractivity contribution in [1.82, 2.24) is 10.6 Å². The van der Waals surface area contributed by atoms with E-state index in [0.29, 0.717) is 6.54 Å². The van der Waals surface area contributed by atoms with Gasteiger partial charge in [-0.1, -0.05) is 0 Å². The Balaban J connectivity index is 0.000000845. The van der Waals surface area contributed by atoms with Crippen molar-refractivity contribution in [2.24, 2.45) is 0 Å². The monoisotopic (exact) mass is 244 g/mol. The Morgan fingerprint density at radius 1 is 1.14 bits per heavy atom. The second kappa shape index (κ2) is 6.11. The van der Waals surface area contributed by atoms with Crippen LogP contribution in [-0.2, 0) is 0 Å². The van der Waals surface area contributed by atoms with E-state index in [1.54, 1.807) is 0 Å². The van der Waals surface area contributed by atoms with E-state index in [4.69, 9.17) is 0 Å². The Morgan fingerprint density at radius 2 is 1.93 bits per heavy atom. The number of hydrogen-bond acceptors (Lipinski definition) is 2. The minimum Gasteiger partial charge on any atom is -0.317 e. The average Bonchev–Trinajstić information content (AvgIpc) is 2.30. The van der Waals surface area contributed by atoms with Gasteiger partial charge >= 0.3 is 0 Å². The zero-order valence-corrected chi connectivity index (χ0v) is 9.85. The number of alkyl halides is 1. The van der Waals surface area contributed by atoms with Gasteiger partial charge in [-0.25, -0.2) is 4.39 Å². The lowest BCUT2D eigenvalue weighted by molar-refractivity contribution is 0.297. The Hall–Kier alpha value is 0.430. The molecular formula is C9H19Cl2FN2. The summed E-state index contributed by atoms with van der Waals surface area (Å²) in [6, 6.07) is 0. The summed E-state index contributed by atoms with van der Waals surface area (Å²) < 4.78 is 13.0. The van der Waals surface area contributed by atoms with Crippen molar-refractivity contribution in [3.63, 3.8) is 0 Å². The van der Waals surface area contributed by atoms with Gasteiger partial charge in [0.25, 0.3) is 0 Å². The van der Waals surface area contributed by atoms with Crippen LogP contribution in [0.4, 0.5) is 4.39 Å². The van der Waals surface area contributed by atoms with Gasteiger partial charge in [0.05, 0.1) is 0 Å². The second-order valence-electron chi connectivity index (χ2n) is 4.07. The largest absolute Gasteiger partial charge is 0.317 e. The number of nitrogens with one attached hydrogen (secondary N) is 2. The molecule has 2 unspecified atom stereocenters. The van der Waals surface area contributed by atoms with E-state index in [2.05, 4.69) is 10.6 Å². The first kappa shape index (κ1) is 14.4. The number of rotatable bonds is 0. The predicted octanol–water partition coefficient (Wildman–Crippen LogP) is 1.67. The lowest BCUT2D eigenvalue weighted by atomic mass is 9.89. The highest BCUT2D eigenvalue weighted by Gasteiger charge is 2.38. The van der Waals surface area contributed by atoms with E-state index in [1.807, 2.05) is 0 Å². The molecule has 0 bridgehead atoms. The van der Waals surface area contributed by atoms with Crippen LogP contribution in [0.15, 0.2) is 0 Å². The molecule has 5 heteroatoms. The van der Waals surface area contributed by atoms with Crippen LogP contribution >= 0.6 is 24.8 Å².